The van der Waals surface area contributed by atoms with E-state index in [1.54, 1.807) is 47.8 Å². The number of anilines is 1. The van der Waals surface area contributed by atoms with Crippen LogP contribution in [0, 0.1) is 6.92 Å². The van der Waals surface area contributed by atoms with Crippen LogP contribution in [-0.4, -0.2) is 41.5 Å². The zero-order chi connectivity index (χ0) is 22.6. The van der Waals surface area contributed by atoms with Crippen molar-refractivity contribution in [2.75, 3.05) is 18.4 Å². The first-order valence-corrected chi connectivity index (χ1v) is 12.4. The van der Waals surface area contributed by atoms with E-state index in [0.717, 1.165) is 31.2 Å². The molecule has 0 radical (unpaired) electrons. The van der Waals surface area contributed by atoms with Gasteiger partial charge in [-0.15, -0.1) is 0 Å². The molecule has 1 saturated heterocycles. The maximum atomic E-state index is 13.2. The van der Waals surface area contributed by atoms with Gasteiger partial charge in [-0.3, -0.25) is 9.48 Å². The second-order valence-corrected chi connectivity index (χ2v) is 10.1. The van der Waals surface area contributed by atoms with Crippen LogP contribution in [0.5, 0.6) is 0 Å². The molecule has 3 aromatic rings. The number of carbonyl (C=O) groups is 1. The highest BCUT2D eigenvalue weighted by Gasteiger charge is 2.27. The Kier molecular flexibility index (Phi) is 6.72. The molecule has 7 nitrogen and oxygen atoms in total. The lowest BCUT2D eigenvalue weighted by Gasteiger charge is -2.21. The molecule has 1 N–H and O–H groups in total. The average Bonchev–Trinajstić information content (AvgIpc) is 3.13. The monoisotopic (exact) mass is 452 g/mol. The number of sulfonamides is 1. The molecule has 0 spiro atoms. The predicted octanol–water partition coefficient (Wildman–Crippen LogP) is 4.06. The van der Waals surface area contributed by atoms with E-state index in [0.29, 0.717) is 36.4 Å². The highest BCUT2D eigenvalue weighted by molar-refractivity contribution is 7.89. The summed E-state index contributed by atoms with van der Waals surface area (Å²) in [5.74, 6) is -0.280. The van der Waals surface area contributed by atoms with Crippen molar-refractivity contribution in [3.8, 4) is 0 Å². The number of aromatic nitrogens is 2. The van der Waals surface area contributed by atoms with Gasteiger partial charge in [0.05, 0.1) is 11.4 Å². The summed E-state index contributed by atoms with van der Waals surface area (Å²) < 4.78 is 29.9. The number of nitrogens with one attached hydrogen (secondary N) is 1. The zero-order valence-electron chi connectivity index (χ0n) is 18.2. The Labute approximate surface area is 189 Å². The van der Waals surface area contributed by atoms with Crippen LogP contribution in [0.15, 0.2) is 65.8 Å². The second-order valence-electron chi connectivity index (χ2n) is 8.15. The molecule has 0 bridgehead atoms. The normalized spacial score (nSPS) is 15.3. The van der Waals surface area contributed by atoms with Gasteiger partial charge in [-0.05, 0) is 61.2 Å². The summed E-state index contributed by atoms with van der Waals surface area (Å²) in [7, 11) is -3.60. The van der Waals surface area contributed by atoms with Crippen molar-refractivity contribution in [2.24, 2.45) is 0 Å². The van der Waals surface area contributed by atoms with Gasteiger partial charge in [0, 0.05) is 36.7 Å². The van der Waals surface area contributed by atoms with Gasteiger partial charge in [0.25, 0.3) is 5.91 Å². The molecule has 1 fully saturated rings. The van der Waals surface area contributed by atoms with E-state index < -0.39 is 10.0 Å². The van der Waals surface area contributed by atoms with Crippen LogP contribution in [-0.2, 0) is 16.6 Å². The van der Waals surface area contributed by atoms with Gasteiger partial charge >= 0.3 is 0 Å². The highest BCUT2D eigenvalue weighted by atomic mass is 32.2. The van der Waals surface area contributed by atoms with E-state index in [-0.39, 0.29) is 10.8 Å². The van der Waals surface area contributed by atoms with E-state index in [1.807, 2.05) is 29.1 Å². The van der Waals surface area contributed by atoms with E-state index >= 15 is 0 Å². The van der Waals surface area contributed by atoms with Gasteiger partial charge in [-0.2, -0.15) is 9.40 Å². The van der Waals surface area contributed by atoms with Gasteiger partial charge in [0.2, 0.25) is 10.0 Å². The zero-order valence-corrected chi connectivity index (χ0v) is 19.0. The number of hydrogen-bond donors (Lipinski definition) is 1. The fourth-order valence-electron chi connectivity index (χ4n) is 3.92. The number of carbonyl (C=O) groups excluding carboxylic acids is 1. The lowest BCUT2D eigenvalue weighted by atomic mass is 10.1. The molecule has 1 aliphatic heterocycles. The minimum atomic E-state index is -3.60. The van der Waals surface area contributed by atoms with E-state index in [9.17, 15) is 13.2 Å². The first kappa shape index (κ1) is 22.2. The third kappa shape index (κ3) is 5.08. The van der Waals surface area contributed by atoms with E-state index in [1.165, 1.54) is 0 Å². The van der Waals surface area contributed by atoms with Crippen LogP contribution in [0.3, 0.4) is 0 Å². The predicted molar refractivity (Wildman–Crippen MR) is 124 cm³/mol. The van der Waals surface area contributed by atoms with E-state index in [2.05, 4.69) is 10.4 Å². The minimum absolute atomic E-state index is 0.256. The molecule has 0 unspecified atom stereocenters. The van der Waals surface area contributed by atoms with Crippen LogP contribution in [0.25, 0.3) is 0 Å². The number of rotatable bonds is 6. The quantitative estimate of drug-likeness (QED) is 0.611. The molecule has 0 aliphatic carbocycles. The third-order valence-corrected chi connectivity index (χ3v) is 7.79. The smallest absolute Gasteiger partial charge is 0.255 e. The molecular weight excluding hydrogens is 424 g/mol. The Bertz CT molecular complexity index is 1160. The summed E-state index contributed by atoms with van der Waals surface area (Å²) in [6.07, 6.45) is 7.49. The van der Waals surface area contributed by atoms with Crippen molar-refractivity contribution >= 4 is 21.6 Å². The van der Waals surface area contributed by atoms with Gasteiger partial charge in [-0.1, -0.05) is 31.0 Å². The summed E-state index contributed by atoms with van der Waals surface area (Å²) >= 11 is 0. The van der Waals surface area contributed by atoms with Crippen LogP contribution in [0.2, 0.25) is 0 Å². The molecule has 0 atom stereocenters. The molecule has 4 rings (SSSR count). The van der Waals surface area contributed by atoms with Crippen LogP contribution in [0.1, 0.15) is 47.2 Å². The summed E-state index contributed by atoms with van der Waals surface area (Å²) in [6, 6.07) is 14.2. The molecule has 168 valence electrons. The molecule has 8 heteroatoms. The summed E-state index contributed by atoms with van der Waals surface area (Å²) in [5, 5.41) is 7.02. The SMILES string of the molecule is Cc1ccc(NC(=O)c2ccc(Cn3cccn3)cc2)cc1S(=O)(=O)N1CCCCCC1. The largest absolute Gasteiger partial charge is 0.322 e. The van der Waals surface area contributed by atoms with Gasteiger partial charge in [-0.25, -0.2) is 8.42 Å². The number of amides is 1. The second kappa shape index (κ2) is 9.67. The topological polar surface area (TPSA) is 84.3 Å². The molecule has 32 heavy (non-hydrogen) atoms. The third-order valence-electron chi connectivity index (χ3n) is 5.75. The Morgan fingerprint density at radius 3 is 2.41 bits per heavy atom. The minimum Gasteiger partial charge on any atom is -0.322 e. The van der Waals surface area contributed by atoms with Gasteiger partial charge < -0.3 is 5.32 Å². The highest BCUT2D eigenvalue weighted by Crippen LogP contribution is 2.26. The molecule has 2 aromatic carbocycles. The number of benzene rings is 2. The first-order chi connectivity index (χ1) is 15.4. The van der Waals surface area contributed by atoms with Gasteiger partial charge in [0.1, 0.15) is 0 Å². The number of nitrogens with zero attached hydrogens (tertiary/aromatic N) is 3. The molecular formula is C24H28N4O3S. The van der Waals surface area contributed by atoms with Crippen molar-refractivity contribution < 1.29 is 13.2 Å². The van der Waals surface area contributed by atoms with Crippen LogP contribution >= 0.6 is 0 Å². The Morgan fingerprint density at radius 1 is 1.03 bits per heavy atom. The fraction of sp³-hybridized carbons (Fsp3) is 0.333. The lowest BCUT2D eigenvalue weighted by molar-refractivity contribution is 0.102. The standard InChI is InChI=1S/C24H28N4O3S/c1-19-7-12-22(17-23(19)32(30,31)28-15-4-2-3-5-16-28)26-24(29)21-10-8-20(9-11-21)18-27-14-6-13-25-27/h6-14,17H,2-5,15-16,18H2,1H3,(H,26,29). The van der Waals surface area contributed by atoms with Crippen LogP contribution in [0.4, 0.5) is 5.69 Å². The van der Waals surface area contributed by atoms with Gasteiger partial charge in [0.15, 0.2) is 0 Å². The summed E-state index contributed by atoms with van der Waals surface area (Å²) in [6.45, 7) is 3.51. The number of aryl methyl sites for hydroxylation is 1. The molecule has 0 saturated carbocycles. The Morgan fingerprint density at radius 2 is 1.75 bits per heavy atom. The molecule has 1 amide bonds. The molecule has 1 aromatic heterocycles. The van der Waals surface area contributed by atoms with Crippen LogP contribution < -0.4 is 5.32 Å². The van der Waals surface area contributed by atoms with Crippen molar-refractivity contribution in [1.29, 1.82) is 0 Å². The molecule has 1 aliphatic rings. The number of hydrogen-bond acceptors (Lipinski definition) is 4. The lowest BCUT2D eigenvalue weighted by Crippen LogP contribution is -2.32. The average molecular weight is 453 g/mol. The maximum Gasteiger partial charge on any atom is 0.255 e. The Balaban J connectivity index is 1.49. The van der Waals surface area contributed by atoms with Crippen molar-refractivity contribution in [3.63, 3.8) is 0 Å². The maximum absolute atomic E-state index is 13.2. The van der Waals surface area contributed by atoms with E-state index in [4.69, 9.17) is 0 Å². The molecule has 2 heterocycles. The van der Waals surface area contributed by atoms with Crippen molar-refractivity contribution in [3.05, 3.63) is 77.6 Å². The van der Waals surface area contributed by atoms with Crippen molar-refractivity contribution in [1.82, 2.24) is 14.1 Å². The Hall–Kier alpha value is -2.97. The van der Waals surface area contributed by atoms with Crippen molar-refractivity contribution in [2.45, 2.75) is 44.0 Å². The summed E-state index contributed by atoms with van der Waals surface area (Å²) in [5.41, 5.74) is 2.68. The summed E-state index contributed by atoms with van der Waals surface area (Å²) in [4.78, 5) is 13.0. The fourth-order valence-corrected chi connectivity index (χ4v) is 5.69. The first-order valence-electron chi connectivity index (χ1n) is 10.9.